The van der Waals surface area contributed by atoms with Gasteiger partial charge in [-0.3, -0.25) is 4.79 Å². The van der Waals surface area contributed by atoms with Crippen LogP contribution in [0.15, 0.2) is 0 Å². The van der Waals surface area contributed by atoms with E-state index >= 15 is 0 Å². The number of hydrogen-bond acceptors (Lipinski definition) is 3. The van der Waals surface area contributed by atoms with Gasteiger partial charge in [-0.1, -0.05) is 6.92 Å². The van der Waals surface area contributed by atoms with Crippen molar-refractivity contribution in [2.24, 2.45) is 17.8 Å². The first-order valence-electron chi connectivity index (χ1n) is 5.82. The molecule has 86 valence electrons. The van der Waals surface area contributed by atoms with Gasteiger partial charge in [-0.25, -0.2) is 0 Å². The zero-order valence-electron chi connectivity index (χ0n) is 9.28. The van der Waals surface area contributed by atoms with Crippen molar-refractivity contribution in [3.63, 3.8) is 0 Å². The van der Waals surface area contributed by atoms with Crippen LogP contribution >= 0.6 is 0 Å². The molecule has 0 spiro atoms. The SMILES string of the molecule is C[C@@H]1CN(C(=O)[C@@H]2CCNC2)C[C@@H]1CO. The number of likely N-dealkylation sites (tertiary alicyclic amines) is 1. The van der Waals surface area contributed by atoms with Crippen molar-refractivity contribution < 1.29 is 9.90 Å². The van der Waals surface area contributed by atoms with E-state index in [1.54, 1.807) is 0 Å². The van der Waals surface area contributed by atoms with Gasteiger partial charge in [0.2, 0.25) is 5.91 Å². The van der Waals surface area contributed by atoms with Crippen molar-refractivity contribution in [1.29, 1.82) is 0 Å². The number of nitrogens with zero attached hydrogens (tertiary/aromatic N) is 1. The first kappa shape index (κ1) is 10.9. The standard InChI is InChI=1S/C11H20N2O2/c1-8-5-13(6-10(8)7-14)11(15)9-2-3-12-4-9/h8-10,12,14H,2-7H2,1H3/t8-,9-,10-/m1/s1. The van der Waals surface area contributed by atoms with Gasteiger partial charge in [-0.05, 0) is 18.9 Å². The van der Waals surface area contributed by atoms with Crippen molar-refractivity contribution >= 4 is 5.91 Å². The van der Waals surface area contributed by atoms with Gasteiger partial charge in [-0.15, -0.1) is 0 Å². The van der Waals surface area contributed by atoms with Crippen LogP contribution in [0.5, 0.6) is 0 Å². The Bertz CT molecular complexity index is 239. The molecule has 2 fully saturated rings. The van der Waals surface area contributed by atoms with E-state index in [1.807, 2.05) is 4.90 Å². The third-order valence-corrected chi connectivity index (χ3v) is 3.72. The summed E-state index contributed by atoms with van der Waals surface area (Å²) in [5, 5.41) is 12.4. The first-order valence-corrected chi connectivity index (χ1v) is 5.82. The molecule has 0 radical (unpaired) electrons. The van der Waals surface area contributed by atoms with Gasteiger partial charge in [0.1, 0.15) is 0 Å². The van der Waals surface area contributed by atoms with Crippen LogP contribution in [0.25, 0.3) is 0 Å². The second kappa shape index (κ2) is 4.49. The summed E-state index contributed by atoms with van der Waals surface area (Å²) in [6, 6.07) is 0. The third kappa shape index (κ3) is 2.16. The Morgan fingerprint density at radius 1 is 1.53 bits per heavy atom. The number of aliphatic hydroxyl groups excluding tert-OH is 1. The molecule has 0 aromatic heterocycles. The molecule has 0 aromatic carbocycles. The molecule has 0 saturated carbocycles. The highest BCUT2D eigenvalue weighted by Crippen LogP contribution is 2.24. The van der Waals surface area contributed by atoms with Gasteiger partial charge < -0.3 is 15.3 Å². The number of carbonyl (C=O) groups is 1. The van der Waals surface area contributed by atoms with Crippen LogP contribution in [0.2, 0.25) is 0 Å². The summed E-state index contributed by atoms with van der Waals surface area (Å²) in [6.45, 7) is 5.67. The quantitative estimate of drug-likeness (QED) is 0.660. The lowest BCUT2D eigenvalue weighted by Gasteiger charge is -2.19. The molecule has 2 heterocycles. The number of hydrogen-bond donors (Lipinski definition) is 2. The van der Waals surface area contributed by atoms with Gasteiger partial charge in [0, 0.05) is 32.2 Å². The number of aliphatic hydroxyl groups is 1. The zero-order chi connectivity index (χ0) is 10.8. The zero-order valence-corrected chi connectivity index (χ0v) is 9.28. The lowest BCUT2D eigenvalue weighted by atomic mass is 10.00. The topological polar surface area (TPSA) is 52.6 Å². The Balaban J connectivity index is 1.91. The summed E-state index contributed by atoms with van der Waals surface area (Å²) >= 11 is 0. The van der Waals surface area contributed by atoms with E-state index < -0.39 is 0 Å². The summed E-state index contributed by atoms with van der Waals surface area (Å²) in [5.41, 5.74) is 0. The molecule has 2 rings (SSSR count). The van der Waals surface area contributed by atoms with Crippen molar-refractivity contribution in [2.75, 3.05) is 32.8 Å². The van der Waals surface area contributed by atoms with Gasteiger partial charge in [0.15, 0.2) is 0 Å². The van der Waals surface area contributed by atoms with E-state index in [9.17, 15) is 4.79 Å². The van der Waals surface area contributed by atoms with E-state index in [0.717, 1.165) is 32.6 Å². The van der Waals surface area contributed by atoms with Crippen LogP contribution in [0.1, 0.15) is 13.3 Å². The minimum atomic E-state index is 0.176. The average molecular weight is 212 g/mol. The van der Waals surface area contributed by atoms with Gasteiger partial charge in [0.25, 0.3) is 0 Å². The highest BCUT2D eigenvalue weighted by molar-refractivity contribution is 5.79. The Morgan fingerprint density at radius 3 is 2.87 bits per heavy atom. The molecule has 4 nitrogen and oxygen atoms in total. The highest BCUT2D eigenvalue weighted by Gasteiger charge is 2.35. The number of nitrogens with one attached hydrogen (secondary N) is 1. The number of carbonyl (C=O) groups excluding carboxylic acids is 1. The Labute approximate surface area is 90.6 Å². The minimum Gasteiger partial charge on any atom is -0.396 e. The predicted molar refractivity (Wildman–Crippen MR) is 57.3 cm³/mol. The maximum Gasteiger partial charge on any atom is 0.227 e. The monoisotopic (exact) mass is 212 g/mol. The maximum atomic E-state index is 12.1. The molecular weight excluding hydrogens is 192 g/mol. The third-order valence-electron chi connectivity index (χ3n) is 3.72. The summed E-state index contributed by atoms with van der Waals surface area (Å²) in [7, 11) is 0. The Hall–Kier alpha value is -0.610. The smallest absolute Gasteiger partial charge is 0.227 e. The Kier molecular flexibility index (Phi) is 3.26. The predicted octanol–water partition coefficient (Wildman–Crippen LogP) is -0.317. The van der Waals surface area contributed by atoms with E-state index in [0.29, 0.717) is 5.92 Å². The molecule has 4 heteroatoms. The second-order valence-electron chi connectivity index (χ2n) is 4.85. The van der Waals surface area contributed by atoms with E-state index in [-0.39, 0.29) is 24.3 Å². The molecule has 0 unspecified atom stereocenters. The number of rotatable bonds is 2. The molecule has 2 aliphatic rings. The van der Waals surface area contributed by atoms with Crippen LogP contribution in [-0.4, -0.2) is 48.7 Å². The molecule has 0 bridgehead atoms. The van der Waals surface area contributed by atoms with Crippen molar-refractivity contribution in [3.05, 3.63) is 0 Å². The van der Waals surface area contributed by atoms with Gasteiger partial charge in [0.05, 0.1) is 5.92 Å². The fourth-order valence-electron chi connectivity index (χ4n) is 2.58. The highest BCUT2D eigenvalue weighted by atomic mass is 16.3. The molecule has 15 heavy (non-hydrogen) atoms. The first-order chi connectivity index (χ1) is 7.22. The van der Waals surface area contributed by atoms with Crippen LogP contribution in [0.4, 0.5) is 0 Å². The summed E-state index contributed by atoms with van der Waals surface area (Å²) < 4.78 is 0. The van der Waals surface area contributed by atoms with Crippen molar-refractivity contribution in [1.82, 2.24) is 10.2 Å². The fourth-order valence-corrected chi connectivity index (χ4v) is 2.58. The van der Waals surface area contributed by atoms with Gasteiger partial charge >= 0.3 is 0 Å². The van der Waals surface area contributed by atoms with E-state index in [2.05, 4.69) is 12.2 Å². The summed E-state index contributed by atoms with van der Waals surface area (Å²) in [4.78, 5) is 14.0. The van der Waals surface area contributed by atoms with Crippen LogP contribution in [-0.2, 0) is 4.79 Å². The Morgan fingerprint density at radius 2 is 2.33 bits per heavy atom. The van der Waals surface area contributed by atoms with Crippen molar-refractivity contribution in [2.45, 2.75) is 13.3 Å². The van der Waals surface area contributed by atoms with E-state index in [4.69, 9.17) is 5.11 Å². The molecule has 1 amide bonds. The van der Waals surface area contributed by atoms with Crippen LogP contribution < -0.4 is 5.32 Å². The molecule has 2 N–H and O–H groups in total. The lowest BCUT2D eigenvalue weighted by Crippen LogP contribution is -2.35. The molecule has 0 aliphatic carbocycles. The summed E-state index contributed by atoms with van der Waals surface area (Å²) in [5.74, 6) is 1.18. The molecule has 0 aromatic rings. The normalized spacial score (nSPS) is 36.1. The van der Waals surface area contributed by atoms with Gasteiger partial charge in [-0.2, -0.15) is 0 Å². The fraction of sp³-hybridized carbons (Fsp3) is 0.909. The largest absolute Gasteiger partial charge is 0.396 e. The molecule has 3 atom stereocenters. The maximum absolute atomic E-state index is 12.1. The van der Waals surface area contributed by atoms with Crippen LogP contribution in [0, 0.1) is 17.8 Å². The second-order valence-corrected chi connectivity index (χ2v) is 4.85. The van der Waals surface area contributed by atoms with Crippen LogP contribution in [0.3, 0.4) is 0 Å². The lowest BCUT2D eigenvalue weighted by molar-refractivity contribution is -0.134. The molecule has 2 aliphatic heterocycles. The minimum absolute atomic E-state index is 0.176. The van der Waals surface area contributed by atoms with Crippen molar-refractivity contribution in [3.8, 4) is 0 Å². The molecule has 2 saturated heterocycles. The van der Waals surface area contributed by atoms with E-state index in [1.165, 1.54) is 0 Å². The summed E-state index contributed by atoms with van der Waals surface area (Å²) in [6.07, 6.45) is 0.966. The average Bonchev–Trinajstić information content (AvgIpc) is 2.85. The number of amides is 1. The molecular formula is C11H20N2O2.